The van der Waals surface area contributed by atoms with Crippen LogP contribution >= 0.6 is 9.47 Å². The SMILES string of the molecule is CO.COc1ccc2c(CCN(C)C)c[nH]c2c1.Cc1cc(F)cc(C(CCO)OP)c1. The summed E-state index contributed by atoms with van der Waals surface area (Å²) in [6.07, 6.45) is 3.36. The quantitative estimate of drug-likeness (QED) is 0.433. The van der Waals surface area contributed by atoms with Gasteiger partial charge in [-0.3, -0.25) is 0 Å². The highest BCUT2D eigenvalue weighted by molar-refractivity contribution is 7.09. The van der Waals surface area contributed by atoms with Crippen molar-refractivity contribution in [3.05, 3.63) is 65.1 Å². The number of rotatable bonds is 8. The third-order valence-electron chi connectivity index (χ3n) is 4.79. The highest BCUT2D eigenvalue weighted by atomic mass is 31.0. The molecule has 8 heteroatoms. The van der Waals surface area contributed by atoms with E-state index in [0.717, 1.165) is 42.5 Å². The van der Waals surface area contributed by atoms with E-state index in [0.29, 0.717) is 6.42 Å². The summed E-state index contributed by atoms with van der Waals surface area (Å²) < 4.78 is 23.3. The molecule has 3 N–H and O–H groups in total. The summed E-state index contributed by atoms with van der Waals surface area (Å²) in [5, 5.41) is 17.1. The molecule has 0 bridgehead atoms. The van der Waals surface area contributed by atoms with E-state index in [1.54, 1.807) is 7.11 Å². The van der Waals surface area contributed by atoms with Crippen LogP contribution in [0.4, 0.5) is 4.39 Å². The van der Waals surface area contributed by atoms with Crippen LogP contribution in [0.3, 0.4) is 0 Å². The zero-order valence-corrected chi connectivity index (χ0v) is 20.7. The smallest absolute Gasteiger partial charge is 0.123 e. The minimum absolute atomic E-state index is 0.0224. The normalized spacial score (nSPS) is 11.4. The van der Waals surface area contributed by atoms with Crippen molar-refractivity contribution in [2.24, 2.45) is 0 Å². The summed E-state index contributed by atoms with van der Waals surface area (Å²) >= 11 is 0. The van der Waals surface area contributed by atoms with Gasteiger partial charge in [-0.15, -0.1) is 0 Å². The lowest BCUT2D eigenvalue weighted by molar-refractivity contribution is 0.178. The molecular formula is C24H36FN2O4P. The second-order valence-corrected chi connectivity index (χ2v) is 7.75. The van der Waals surface area contributed by atoms with E-state index in [2.05, 4.69) is 45.7 Å². The van der Waals surface area contributed by atoms with Gasteiger partial charge in [-0.2, -0.15) is 0 Å². The number of benzene rings is 2. The van der Waals surface area contributed by atoms with Crippen molar-refractivity contribution in [1.29, 1.82) is 0 Å². The van der Waals surface area contributed by atoms with Crippen LogP contribution in [0.1, 0.15) is 29.2 Å². The average Bonchev–Trinajstić information content (AvgIpc) is 3.19. The maximum atomic E-state index is 13.0. The highest BCUT2D eigenvalue weighted by Crippen LogP contribution is 2.25. The number of aliphatic hydroxyl groups excluding tert-OH is 2. The first-order chi connectivity index (χ1) is 15.4. The molecule has 2 aromatic carbocycles. The molecule has 178 valence electrons. The Morgan fingerprint density at radius 1 is 1.16 bits per heavy atom. The Morgan fingerprint density at radius 3 is 2.44 bits per heavy atom. The van der Waals surface area contributed by atoms with Crippen LogP contribution in [0.5, 0.6) is 5.75 Å². The van der Waals surface area contributed by atoms with Gasteiger partial charge < -0.3 is 29.4 Å². The summed E-state index contributed by atoms with van der Waals surface area (Å²) in [7, 11) is 9.02. The molecule has 32 heavy (non-hydrogen) atoms. The third kappa shape index (κ3) is 8.85. The molecule has 2 atom stereocenters. The van der Waals surface area contributed by atoms with Crippen LogP contribution in [0, 0.1) is 12.7 Å². The molecule has 3 rings (SSSR count). The number of methoxy groups -OCH3 is 1. The molecule has 1 aromatic heterocycles. The van der Waals surface area contributed by atoms with Crippen molar-refractivity contribution in [2.45, 2.75) is 25.9 Å². The third-order valence-corrected chi connectivity index (χ3v) is 5.12. The first-order valence-electron chi connectivity index (χ1n) is 10.3. The number of halogens is 1. The van der Waals surface area contributed by atoms with Crippen LogP contribution in [0.15, 0.2) is 42.6 Å². The van der Waals surface area contributed by atoms with Crippen LogP contribution in [-0.2, 0) is 10.9 Å². The van der Waals surface area contributed by atoms with Gasteiger partial charge in [-0.1, -0.05) is 6.07 Å². The second kappa shape index (κ2) is 14.9. The van der Waals surface area contributed by atoms with Crippen LogP contribution in [0.2, 0.25) is 0 Å². The van der Waals surface area contributed by atoms with Crippen molar-refractivity contribution < 1.29 is 23.9 Å². The van der Waals surface area contributed by atoms with Gasteiger partial charge in [0.05, 0.1) is 13.2 Å². The van der Waals surface area contributed by atoms with Gasteiger partial charge in [0.1, 0.15) is 11.6 Å². The number of H-pyrrole nitrogens is 1. The number of hydrogen-bond acceptors (Lipinski definition) is 5. The Bertz CT molecular complexity index is 913. The number of aromatic amines is 1. The minimum Gasteiger partial charge on any atom is -0.497 e. The van der Waals surface area contributed by atoms with E-state index < -0.39 is 0 Å². The number of likely N-dealkylation sites (N-methyl/N-ethyl adjacent to an activating group) is 1. The summed E-state index contributed by atoms with van der Waals surface area (Å²) in [6, 6.07) is 10.9. The van der Waals surface area contributed by atoms with E-state index >= 15 is 0 Å². The Hall–Kier alpha value is -2.02. The van der Waals surface area contributed by atoms with E-state index in [4.69, 9.17) is 19.5 Å². The fraction of sp³-hybridized carbons (Fsp3) is 0.417. The number of fused-ring (bicyclic) bond motifs is 1. The van der Waals surface area contributed by atoms with Gasteiger partial charge in [-0.05, 0) is 68.4 Å². The first kappa shape index (κ1) is 28.0. The fourth-order valence-electron chi connectivity index (χ4n) is 3.22. The Morgan fingerprint density at radius 2 is 1.88 bits per heavy atom. The van der Waals surface area contributed by atoms with E-state index in [-0.39, 0.29) is 18.5 Å². The van der Waals surface area contributed by atoms with Gasteiger partial charge in [-0.25, -0.2) is 4.39 Å². The predicted molar refractivity (Wildman–Crippen MR) is 132 cm³/mol. The van der Waals surface area contributed by atoms with Crippen molar-refractivity contribution in [3.8, 4) is 5.75 Å². The molecule has 1 heterocycles. The lowest BCUT2D eigenvalue weighted by Gasteiger charge is -2.14. The molecular weight excluding hydrogens is 430 g/mol. The van der Waals surface area contributed by atoms with Gasteiger partial charge >= 0.3 is 0 Å². The molecule has 0 spiro atoms. The van der Waals surface area contributed by atoms with Crippen molar-refractivity contribution >= 4 is 20.4 Å². The summed E-state index contributed by atoms with van der Waals surface area (Å²) in [6.45, 7) is 2.92. The predicted octanol–water partition coefficient (Wildman–Crippen LogP) is 4.25. The number of ether oxygens (including phenoxy) is 1. The lowest BCUT2D eigenvalue weighted by atomic mass is 10.0. The van der Waals surface area contributed by atoms with E-state index in [1.165, 1.54) is 23.1 Å². The molecule has 0 aliphatic carbocycles. The Kier molecular flexibility index (Phi) is 13.1. The second-order valence-electron chi connectivity index (χ2n) is 7.48. The zero-order valence-electron chi connectivity index (χ0n) is 19.6. The van der Waals surface area contributed by atoms with Gasteiger partial charge in [0.2, 0.25) is 0 Å². The molecule has 0 radical (unpaired) electrons. The average molecular weight is 467 g/mol. The van der Waals surface area contributed by atoms with Crippen LogP contribution < -0.4 is 4.74 Å². The number of hydrogen-bond donors (Lipinski definition) is 3. The standard InChI is InChI=1S/C13H18N2O.C10H14FO2P.CH4O/c1-15(2)7-6-10-9-14-13-8-11(16-3)4-5-12(10)13;1-7-4-8(6-9(11)5-7)10(13-14)2-3-12;1-2/h4-5,8-9,14H,6-7H2,1-3H3;4-6,10,12H,2-3,14H2,1H3;2H,1H3. The monoisotopic (exact) mass is 466 g/mol. The van der Waals surface area contributed by atoms with Crippen molar-refractivity contribution in [3.63, 3.8) is 0 Å². The summed E-state index contributed by atoms with van der Waals surface area (Å²) in [4.78, 5) is 5.48. The topological polar surface area (TPSA) is 78.0 Å². The van der Waals surface area contributed by atoms with E-state index in [1.807, 2.05) is 25.1 Å². The van der Waals surface area contributed by atoms with Crippen LogP contribution in [0.25, 0.3) is 10.9 Å². The number of aliphatic hydroxyl groups is 2. The first-order valence-corrected chi connectivity index (χ1v) is 10.8. The lowest BCUT2D eigenvalue weighted by Crippen LogP contribution is -2.14. The molecule has 0 aliphatic heterocycles. The molecule has 2 unspecified atom stereocenters. The maximum absolute atomic E-state index is 13.0. The van der Waals surface area contributed by atoms with Crippen molar-refractivity contribution in [2.75, 3.05) is 41.5 Å². The summed E-state index contributed by atoms with van der Waals surface area (Å²) in [5.74, 6) is 0.624. The number of aryl methyl sites for hydroxylation is 1. The Labute approximate surface area is 192 Å². The maximum Gasteiger partial charge on any atom is 0.123 e. The number of aromatic nitrogens is 1. The molecule has 0 aliphatic rings. The zero-order chi connectivity index (χ0) is 24.1. The minimum atomic E-state index is -0.273. The largest absolute Gasteiger partial charge is 0.497 e. The Balaban J connectivity index is 0.000000300. The molecule has 3 aromatic rings. The number of nitrogens with zero attached hydrogens (tertiary/aromatic N) is 1. The van der Waals surface area contributed by atoms with Crippen LogP contribution in [-0.4, -0.2) is 61.6 Å². The van der Waals surface area contributed by atoms with E-state index in [9.17, 15) is 4.39 Å². The molecule has 6 nitrogen and oxygen atoms in total. The number of nitrogens with one attached hydrogen (secondary N) is 1. The fourth-order valence-corrected chi connectivity index (χ4v) is 3.52. The van der Waals surface area contributed by atoms with Crippen molar-refractivity contribution in [1.82, 2.24) is 9.88 Å². The molecule has 0 saturated carbocycles. The van der Waals surface area contributed by atoms with Gasteiger partial charge in [0.15, 0.2) is 0 Å². The highest BCUT2D eigenvalue weighted by Gasteiger charge is 2.11. The molecule has 0 saturated heterocycles. The molecule has 0 amide bonds. The van der Waals surface area contributed by atoms with Gasteiger partial charge in [0, 0.05) is 59.3 Å². The summed E-state index contributed by atoms with van der Waals surface area (Å²) in [5.41, 5.74) is 4.12. The molecule has 0 fully saturated rings. The van der Waals surface area contributed by atoms with Gasteiger partial charge in [0.25, 0.3) is 0 Å².